The minimum absolute atomic E-state index is 0.540. The second-order valence-corrected chi connectivity index (χ2v) is 12.2. The monoisotopic (exact) mass is 516 g/mol. The standard InChI is InChI=1S/C40H36/c1-2-12-31-26-32(25-20-27(31)10-1)40-37-17-7-5-15-35(37)39(36-16-6-8-18-38(36)40)30-23-21-29(22-24-30)34-19-9-13-28-11-3-4-14-33(28)34/h1-8,10-18,20,23,29,31-32H,9,19,21-22,24-26H2. The average molecular weight is 517 g/mol. The molecule has 0 spiro atoms. The van der Waals surface area contributed by atoms with E-state index in [-0.39, 0.29) is 0 Å². The van der Waals surface area contributed by atoms with Crippen molar-refractivity contribution in [3.8, 4) is 0 Å². The van der Waals surface area contributed by atoms with Crippen molar-refractivity contribution in [1.82, 2.24) is 0 Å². The van der Waals surface area contributed by atoms with Crippen LogP contribution in [0, 0.1) is 11.8 Å². The van der Waals surface area contributed by atoms with Gasteiger partial charge in [-0.3, -0.25) is 0 Å². The maximum Gasteiger partial charge on any atom is 0.00238 e. The number of allylic oxidation sites excluding steroid dienone is 8. The second-order valence-electron chi connectivity index (χ2n) is 12.2. The van der Waals surface area contributed by atoms with Crippen LogP contribution >= 0.6 is 0 Å². The molecule has 0 nitrogen and oxygen atoms in total. The van der Waals surface area contributed by atoms with Crippen LogP contribution in [0.1, 0.15) is 62.0 Å². The lowest BCUT2D eigenvalue weighted by molar-refractivity contribution is 0.536. The molecule has 0 radical (unpaired) electrons. The molecule has 4 aliphatic rings. The molecule has 0 aliphatic heterocycles. The summed E-state index contributed by atoms with van der Waals surface area (Å²) in [6.07, 6.45) is 24.9. The van der Waals surface area contributed by atoms with Crippen LogP contribution in [0.15, 0.2) is 115 Å². The Kier molecular flexibility index (Phi) is 5.95. The molecule has 0 amide bonds. The average Bonchev–Trinajstić information content (AvgIpc) is 3.03. The molecule has 4 aromatic carbocycles. The van der Waals surface area contributed by atoms with Gasteiger partial charge in [0.05, 0.1) is 0 Å². The summed E-state index contributed by atoms with van der Waals surface area (Å²) < 4.78 is 0. The van der Waals surface area contributed by atoms with E-state index < -0.39 is 0 Å². The highest BCUT2D eigenvalue weighted by molar-refractivity contribution is 6.12. The summed E-state index contributed by atoms with van der Waals surface area (Å²) in [5, 5.41) is 8.75. The van der Waals surface area contributed by atoms with Gasteiger partial charge < -0.3 is 0 Å². The van der Waals surface area contributed by atoms with Crippen molar-refractivity contribution in [2.45, 2.75) is 50.9 Å². The van der Waals surface area contributed by atoms with E-state index in [1.165, 1.54) is 68.8 Å². The molecule has 4 aromatic rings. The molecule has 0 fully saturated rings. The zero-order valence-electron chi connectivity index (χ0n) is 23.2. The summed E-state index contributed by atoms with van der Waals surface area (Å²) in [5.41, 5.74) is 7.80. The van der Waals surface area contributed by atoms with E-state index in [0.717, 1.165) is 19.3 Å². The molecule has 0 bridgehead atoms. The van der Waals surface area contributed by atoms with Gasteiger partial charge in [-0.15, -0.1) is 0 Å². The summed E-state index contributed by atoms with van der Waals surface area (Å²) >= 11 is 0. The molecule has 0 heterocycles. The van der Waals surface area contributed by atoms with Gasteiger partial charge in [-0.2, -0.15) is 0 Å². The number of benzene rings is 4. The third-order valence-electron chi connectivity index (χ3n) is 10.0. The van der Waals surface area contributed by atoms with E-state index in [4.69, 9.17) is 0 Å². The fraction of sp³-hybridized carbons (Fsp3) is 0.250. The summed E-state index contributed by atoms with van der Waals surface area (Å²) in [6.45, 7) is 0. The Morgan fingerprint density at radius 1 is 0.625 bits per heavy atom. The lowest BCUT2D eigenvalue weighted by atomic mass is 9.73. The summed E-state index contributed by atoms with van der Waals surface area (Å²) in [5.74, 6) is 1.74. The fourth-order valence-corrected chi connectivity index (χ4v) is 8.19. The van der Waals surface area contributed by atoms with Gasteiger partial charge in [-0.05, 0) is 111 Å². The van der Waals surface area contributed by atoms with Crippen LogP contribution in [-0.4, -0.2) is 0 Å². The quantitative estimate of drug-likeness (QED) is 0.238. The second kappa shape index (κ2) is 9.93. The molecule has 3 unspecified atom stereocenters. The normalized spacial score (nSPS) is 23.8. The van der Waals surface area contributed by atoms with E-state index in [0.29, 0.717) is 17.8 Å². The molecule has 0 saturated carbocycles. The van der Waals surface area contributed by atoms with Crippen molar-refractivity contribution in [2.75, 3.05) is 0 Å². The summed E-state index contributed by atoms with van der Waals surface area (Å²) in [6, 6.07) is 27.6. The third kappa shape index (κ3) is 3.96. The van der Waals surface area contributed by atoms with E-state index in [1.807, 2.05) is 0 Å². The van der Waals surface area contributed by atoms with Gasteiger partial charge in [-0.25, -0.2) is 0 Å². The minimum atomic E-state index is 0.540. The molecular weight excluding hydrogens is 480 g/mol. The molecule has 40 heavy (non-hydrogen) atoms. The maximum atomic E-state index is 2.60. The van der Waals surface area contributed by atoms with Crippen LogP contribution in [0.5, 0.6) is 0 Å². The number of fused-ring (bicyclic) bond motifs is 4. The van der Waals surface area contributed by atoms with E-state index in [1.54, 1.807) is 16.7 Å². The Morgan fingerprint density at radius 3 is 2.12 bits per heavy atom. The van der Waals surface area contributed by atoms with Crippen LogP contribution in [-0.2, 0) is 0 Å². The highest BCUT2D eigenvalue weighted by atomic mass is 14.3. The van der Waals surface area contributed by atoms with Crippen molar-refractivity contribution in [1.29, 1.82) is 0 Å². The zero-order valence-corrected chi connectivity index (χ0v) is 23.2. The van der Waals surface area contributed by atoms with Crippen LogP contribution in [0.3, 0.4) is 0 Å². The lowest BCUT2D eigenvalue weighted by Crippen LogP contribution is -2.31. The molecule has 196 valence electrons. The van der Waals surface area contributed by atoms with E-state index in [2.05, 4.69) is 115 Å². The molecule has 8 rings (SSSR count). The number of rotatable bonds is 3. The first-order valence-corrected chi connectivity index (χ1v) is 15.3. The fourth-order valence-electron chi connectivity index (χ4n) is 8.19. The van der Waals surface area contributed by atoms with Gasteiger partial charge in [0.1, 0.15) is 0 Å². The smallest absolute Gasteiger partial charge is 0.00238 e. The number of hydrogen-bond acceptors (Lipinski definition) is 0. The van der Waals surface area contributed by atoms with Crippen molar-refractivity contribution >= 4 is 38.8 Å². The van der Waals surface area contributed by atoms with Crippen molar-refractivity contribution in [3.05, 3.63) is 136 Å². The maximum absolute atomic E-state index is 2.60. The Bertz CT molecular complexity index is 1830. The van der Waals surface area contributed by atoms with Gasteiger partial charge >= 0.3 is 0 Å². The molecule has 0 saturated heterocycles. The predicted octanol–water partition coefficient (Wildman–Crippen LogP) is 9.15. The summed E-state index contributed by atoms with van der Waals surface area (Å²) in [4.78, 5) is 0. The Hall–Kier alpha value is -3.90. The first kappa shape index (κ1) is 23.9. The van der Waals surface area contributed by atoms with Gasteiger partial charge in [0, 0.05) is 5.92 Å². The molecule has 3 atom stereocenters. The van der Waals surface area contributed by atoms with Gasteiger partial charge in [0.15, 0.2) is 0 Å². The van der Waals surface area contributed by atoms with Crippen LogP contribution in [0.2, 0.25) is 0 Å². The first-order chi connectivity index (χ1) is 19.8. The highest BCUT2D eigenvalue weighted by Gasteiger charge is 2.28. The topological polar surface area (TPSA) is 0 Å². The summed E-state index contributed by atoms with van der Waals surface area (Å²) in [7, 11) is 0. The molecular formula is C40H36. The molecule has 0 heteroatoms. The van der Waals surface area contributed by atoms with Crippen molar-refractivity contribution in [2.24, 2.45) is 11.8 Å². The highest BCUT2D eigenvalue weighted by Crippen LogP contribution is 2.47. The minimum Gasteiger partial charge on any atom is -0.0801 e. The van der Waals surface area contributed by atoms with Crippen LogP contribution in [0.4, 0.5) is 0 Å². The first-order valence-electron chi connectivity index (χ1n) is 15.3. The predicted molar refractivity (Wildman–Crippen MR) is 171 cm³/mol. The van der Waals surface area contributed by atoms with E-state index >= 15 is 0 Å². The largest absolute Gasteiger partial charge is 0.0801 e. The van der Waals surface area contributed by atoms with Gasteiger partial charge in [0.2, 0.25) is 0 Å². The van der Waals surface area contributed by atoms with Gasteiger partial charge in [-0.1, -0.05) is 121 Å². The Labute approximate surface area is 237 Å². The zero-order chi connectivity index (χ0) is 26.5. The van der Waals surface area contributed by atoms with Gasteiger partial charge in [0.25, 0.3) is 0 Å². The van der Waals surface area contributed by atoms with E-state index in [9.17, 15) is 0 Å². The molecule has 4 aliphatic carbocycles. The Morgan fingerprint density at radius 2 is 1.35 bits per heavy atom. The molecule has 0 aromatic heterocycles. The van der Waals surface area contributed by atoms with Crippen LogP contribution < -0.4 is 10.4 Å². The van der Waals surface area contributed by atoms with Crippen molar-refractivity contribution in [3.63, 3.8) is 0 Å². The SMILES string of the molecule is C1=CC2=CCC(c3c4ccccc4c(C4=CCC(C5=c6ccccc6=CCC5)CC4)c4ccccc34)CC2C=C1. The number of hydrogen-bond donors (Lipinski definition) is 0. The third-order valence-corrected chi connectivity index (χ3v) is 10.0. The van der Waals surface area contributed by atoms with Crippen molar-refractivity contribution < 1.29 is 0 Å². The van der Waals surface area contributed by atoms with Crippen LogP contribution in [0.25, 0.3) is 38.8 Å². The molecule has 0 N–H and O–H groups in total. The lowest BCUT2D eigenvalue weighted by Gasteiger charge is -2.31. The Balaban J connectivity index is 1.24.